The Balaban J connectivity index is 1.75. The van der Waals surface area contributed by atoms with Gasteiger partial charge in [0.1, 0.15) is 0 Å². The molecule has 1 fully saturated rings. The first-order valence-corrected chi connectivity index (χ1v) is 8.44. The topological polar surface area (TPSA) is 53.6 Å². The molecule has 4 nitrogen and oxygen atoms in total. The molecule has 1 aliphatic heterocycles. The van der Waals surface area contributed by atoms with E-state index < -0.39 is 0 Å². The third kappa shape index (κ3) is 5.50. The maximum absolute atomic E-state index is 6.23. The summed E-state index contributed by atoms with van der Waals surface area (Å²) < 4.78 is 0. The Labute approximate surface area is 138 Å². The summed E-state index contributed by atoms with van der Waals surface area (Å²) in [6, 6.07) is 8.43. The van der Waals surface area contributed by atoms with Gasteiger partial charge in [-0.15, -0.1) is 0 Å². The van der Waals surface area contributed by atoms with Gasteiger partial charge in [0.05, 0.1) is 0 Å². The number of nitrogens with two attached hydrogens (primary N) is 1. The lowest BCUT2D eigenvalue weighted by Crippen LogP contribution is -2.38. The van der Waals surface area contributed by atoms with Gasteiger partial charge in [-0.3, -0.25) is 9.89 Å². The van der Waals surface area contributed by atoms with Crippen LogP contribution in [0.3, 0.4) is 0 Å². The summed E-state index contributed by atoms with van der Waals surface area (Å²) in [5.41, 5.74) is 7.07. The molecular weight excluding hydrogens is 296 g/mol. The number of aliphatic imine (C=N–C) groups is 1. The van der Waals surface area contributed by atoms with Gasteiger partial charge in [-0.05, 0) is 57.3 Å². The summed E-state index contributed by atoms with van der Waals surface area (Å²) >= 11 is 6.23. The van der Waals surface area contributed by atoms with Crippen molar-refractivity contribution < 1.29 is 0 Å². The van der Waals surface area contributed by atoms with Crippen molar-refractivity contribution in [3.63, 3.8) is 0 Å². The Morgan fingerprint density at radius 1 is 1.36 bits per heavy atom. The van der Waals surface area contributed by atoms with E-state index >= 15 is 0 Å². The highest BCUT2D eigenvalue weighted by atomic mass is 35.5. The largest absolute Gasteiger partial charge is 0.370 e. The fourth-order valence-electron chi connectivity index (χ4n) is 2.76. The van der Waals surface area contributed by atoms with Gasteiger partial charge < -0.3 is 11.1 Å². The Morgan fingerprint density at radius 2 is 2.05 bits per heavy atom. The minimum Gasteiger partial charge on any atom is -0.370 e. The van der Waals surface area contributed by atoms with Gasteiger partial charge in [-0.1, -0.05) is 29.8 Å². The summed E-state index contributed by atoms with van der Waals surface area (Å²) in [5.74, 6) is 1.20. The highest BCUT2D eigenvalue weighted by Crippen LogP contribution is 2.22. The van der Waals surface area contributed by atoms with Crippen LogP contribution in [-0.2, 0) is 6.54 Å². The van der Waals surface area contributed by atoms with E-state index in [1.807, 2.05) is 18.2 Å². The molecule has 1 aliphatic rings. The second kappa shape index (κ2) is 8.39. The van der Waals surface area contributed by atoms with Gasteiger partial charge in [0, 0.05) is 24.2 Å². The van der Waals surface area contributed by atoms with Crippen LogP contribution in [-0.4, -0.2) is 36.5 Å². The molecule has 0 unspecified atom stereocenters. The van der Waals surface area contributed by atoms with E-state index in [1.165, 1.54) is 18.4 Å². The van der Waals surface area contributed by atoms with Crippen molar-refractivity contribution in [3.8, 4) is 0 Å². The van der Waals surface area contributed by atoms with Crippen LogP contribution in [0.1, 0.15) is 32.3 Å². The second-order valence-electron chi connectivity index (χ2n) is 6.34. The summed E-state index contributed by atoms with van der Waals surface area (Å²) in [7, 11) is 0. The summed E-state index contributed by atoms with van der Waals surface area (Å²) in [5, 5.41) is 4.00. The average Bonchev–Trinajstić information content (AvgIpc) is 2.48. The zero-order chi connectivity index (χ0) is 15.9. The smallest absolute Gasteiger partial charge is 0.188 e. The molecule has 0 radical (unpaired) electrons. The highest BCUT2D eigenvalue weighted by molar-refractivity contribution is 6.31. The van der Waals surface area contributed by atoms with E-state index in [4.69, 9.17) is 17.3 Å². The number of rotatable bonds is 5. The number of nitrogens with one attached hydrogen (secondary N) is 1. The third-order valence-electron chi connectivity index (χ3n) is 4.02. The quantitative estimate of drug-likeness (QED) is 0.647. The molecule has 0 bridgehead atoms. The maximum Gasteiger partial charge on any atom is 0.188 e. The van der Waals surface area contributed by atoms with Crippen LogP contribution in [0.25, 0.3) is 0 Å². The molecule has 0 aliphatic carbocycles. The molecule has 0 saturated carbocycles. The first-order valence-electron chi connectivity index (χ1n) is 8.07. The Hall–Kier alpha value is -1.26. The molecule has 0 amide bonds. The minimum absolute atomic E-state index is 0.334. The van der Waals surface area contributed by atoms with E-state index in [0.29, 0.717) is 17.9 Å². The lowest BCUT2D eigenvalue weighted by atomic mass is 9.96. The Morgan fingerprint density at radius 3 is 2.68 bits per heavy atom. The maximum atomic E-state index is 6.23. The molecule has 1 heterocycles. The van der Waals surface area contributed by atoms with Gasteiger partial charge in [0.15, 0.2) is 5.96 Å². The van der Waals surface area contributed by atoms with Crippen molar-refractivity contribution in [1.29, 1.82) is 0 Å². The van der Waals surface area contributed by atoms with Crippen LogP contribution >= 0.6 is 11.6 Å². The molecular formula is C17H27ClN4. The number of nitrogens with zero attached hydrogens (tertiary/aromatic N) is 2. The molecule has 3 N–H and O–H groups in total. The predicted molar refractivity (Wildman–Crippen MR) is 94.2 cm³/mol. The minimum atomic E-state index is 0.334. The van der Waals surface area contributed by atoms with Crippen LogP contribution < -0.4 is 11.1 Å². The van der Waals surface area contributed by atoms with Crippen molar-refractivity contribution in [2.45, 2.75) is 39.3 Å². The lowest BCUT2D eigenvalue weighted by molar-refractivity contribution is 0.180. The second-order valence-corrected chi connectivity index (χ2v) is 6.74. The summed E-state index contributed by atoms with van der Waals surface area (Å²) in [4.78, 5) is 6.92. The number of hydrogen-bond donors (Lipinski definition) is 2. The van der Waals surface area contributed by atoms with Crippen molar-refractivity contribution in [2.24, 2.45) is 16.6 Å². The van der Waals surface area contributed by atoms with Crippen molar-refractivity contribution in [2.75, 3.05) is 19.6 Å². The van der Waals surface area contributed by atoms with Crippen LogP contribution in [0.15, 0.2) is 29.3 Å². The average molecular weight is 323 g/mol. The molecule has 1 saturated heterocycles. The monoisotopic (exact) mass is 322 g/mol. The molecule has 5 heteroatoms. The Bertz CT molecular complexity index is 493. The molecule has 0 spiro atoms. The van der Waals surface area contributed by atoms with Gasteiger partial charge in [-0.25, -0.2) is 0 Å². The zero-order valence-electron chi connectivity index (χ0n) is 13.6. The van der Waals surface area contributed by atoms with Crippen molar-refractivity contribution >= 4 is 17.6 Å². The van der Waals surface area contributed by atoms with E-state index in [0.717, 1.165) is 31.2 Å². The number of halogens is 1. The normalized spacial score (nSPS) is 17.9. The van der Waals surface area contributed by atoms with Crippen LogP contribution in [0.5, 0.6) is 0 Å². The zero-order valence-corrected chi connectivity index (χ0v) is 14.3. The van der Waals surface area contributed by atoms with Crippen LogP contribution in [0.2, 0.25) is 5.02 Å². The van der Waals surface area contributed by atoms with E-state index in [-0.39, 0.29) is 0 Å². The van der Waals surface area contributed by atoms with E-state index in [1.54, 1.807) is 0 Å². The van der Waals surface area contributed by atoms with Crippen LogP contribution in [0.4, 0.5) is 0 Å². The first kappa shape index (κ1) is 17.1. The molecule has 1 aromatic carbocycles. The number of guanidine groups is 1. The molecule has 22 heavy (non-hydrogen) atoms. The standard InChI is InChI=1S/C17H27ClN4/c1-13(2)21-17(19)20-11-14-7-9-22(10-8-14)12-15-5-3-4-6-16(15)18/h3-6,13-14H,7-12H2,1-2H3,(H3,19,20,21). The number of hydrogen-bond acceptors (Lipinski definition) is 2. The van der Waals surface area contributed by atoms with Gasteiger partial charge in [-0.2, -0.15) is 0 Å². The molecule has 0 aromatic heterocycles. The molecule has 0 atom stereocenters. The van der Waals surface area contributed by atoms with E-state index in [9.17, 15) is 0 Å². The fourth-order valence-corrected chi connectivity index (χ4v) is 2.96. The van der Waals surface area contributed by atoms with Crippen LogP contribution in [0, 0.1) is 5.92 Å². The lowest BCUT2D eigenvalue weighted by Gasteiger charge is -2.31. The number of piperidine rings is 1. The molecule has 2 rings (SSSR count). The number of benzene rings is 1. The van der Waals surface area contributed by atoms with Gasteiger partial charge >= 0.3 is 0 Å². The van der Waals surface area contributed by atoms with E-state index in [2.05, 4.69) is 35.1 Å². The SMILES string of the molecule is CC(C)NC(N)=NCC1CCN(Cc2ccccc2Cl)CC1. The Kier molecular flexibility index (Phi) is 6.52. The highest BCUT2D eigenvalue weighted by Gasteiger charge is 2.19. The molecule has 122 valence electrons. The van der Waals surface area contributed by atoms with Gasteiger partial charge in [0.25, 0.3) is 0 Å². The predicted octanol–water partition coefficient (Wildman–Crippen LogP) is 2.86. The molecule has 1 aromatic rings. The van der Waals surface area contributed by atoms with Gasteiger partial charge in [0.2, 0.25) is 0 Å². The number of likely N-dealkylation sites (tertiary alicyclic amines) is 1. The summed E-state index contributed by atoms with van der Waals surface area (Å²) in [6.07, 6.45) is 2.34. The van der Waals surface area contributed by atoms with Crippen molar-refractivity contribution in [3.05, 3.63) is 34.9 Å². The fraction of sp³-hybridized carbons (Fsp3) is 0.588. The first-order chi connectivity index (χ1) is 10.5. The van der Waals surface area contributed by atoms with Crippen molar-refractivity contribution in [1.82, 2.24) is 10.2 Å². The summed E-state index contributed by atoms with van der Waals surface area (Å²) in [6.45, 7) is 8.09. The third-order valence-corrected chi connectivity index (χ3v) is 4.38.